The molecular formula is C24H26N4O2S. The normalized spacial score (nSPS) is 19.3. The molecule has 2 aliphatic rings. The zero-order valence-electron chi connectivity index (χ0n) is 17.8. The number of thiophene rings is 1. The Hall–Kier alpha value is -2.53. The van der Waals surface area contributed by atoms with Crippen molar-refractivity contribution in [2.45, 2.75) is 39.3 Å². The van der Waals surface area contributed by atoms with Crippen LogP contribution in [-0.4, -0.2) is 40.8 Å². The van der Waals surface area contributed by atoms with E-state index in [1.165, 1.54) is 10.4 Å². The Morgan fingerprint density at radius 2 is 2.00 bits per heavy atom. The first-order valence-electron chi connectivity index (χ1n) is 11.0. The molecule has 6 nitrogen and oxygen atoms in total. The number of benzene rings is 1. The molecule has 0 radical (unpaired) electrons. The van der Waals surface area contributed by atoms with Crippen molar-refractivity contribution in [1.82, 2.24) is 14.5 Å². The lowest BCUT2D eigenvalue weighted by molar-refractivity contribution is 0.0325. The van der Waals surface area contributed by atoms with E-state index in [0.717, 1.165) is 54.0 Å². The summed E-state index contributed by atoms with van der Waals surface area (Å²) in [4.78, 5) is 23.3. The van der Waals surface area contributed by atoms with Crippen molar-refractivity contribution in [3.05, 3.63) is 62.0 Å². The molecule has 31 heavy (non-hydrogen) atoms. The summed E-state index contributed by atoms with van der Waals surface area (Å²) in [6.45, 7) is 6.53. The smallest absolute Gasteiger partial charge is 0.262 e. The van der Waals surface area contributed by atoms with Gasteiger partial charge in [0.15, 0.2) is 0 Å². The third-order valence-corrected chi connectivity index (χ3v) is 7.53. The number of fused-ring (bicyclic) bond motifs is 3. The molecule has 0 spiro atoms. The third-order valence-electron chi connectivity index (χ3n) is 6.39. The van der Waals surface area contributed by atoms with Crippen LogP contribution in [0.1, 0.15) is 40.7 Å². The maximum Gasteiger partial charge on any atom is 0.262 e. The fourth-order valence-corrected chi connectivity index (χ4v) is 5.97. The van der Waals surface area contributed by atoms with Crippen molar-refractivity contribution < 1.29 is 4.74 Å². The summed E-state index contributed by atoms with van der Waals surface area (Å²) < 4.78 is 7.34. The number of hydrogen-bond acceptors (Lipinski definition) is 6. The number of rotatable bonds is 4. The highest BCUT2D eigenvalue weighted by molar-refractivity contribution is 7.18. The fourth-order valence-electron chi connectivity index (χ4n) is 4.58. The van der Waals surface area contributed by atoms with Gasteiger partial charge in [-0.1, -0.05) is 19.1 Å². The Labute approximate surface area is 185 Å². The fraction of sp³-hybridized carbons (Fsp3) is 0.458. The topological polar surface area (TPSA) is 71.2 Å². The first-order valence-corrected chi connectivity index (χ1v) is 11.8. The highest BCUT2D eigenvalue weighted by Gasteiger charge is 2.25. The monoisotopic (exact) mass is 434 g/mol. The molecule has 1 saturated heterocycles. The Bertz CT molecular complexity index is 1200. The van der Waals surface area contributed by atoms with Crippen LogP contribution in [0.4, 0.5) is 0 Å². The summed E-state index contributed by atoms with van der Waals surface area (Å²) in [5, 5.41) is 9.91. The molecule has 5 rings (SSSR count). The second-order valence-corrected chi connectivity index (χ2v) is 9.73. The third kappa shape index (κ3) is 4.03. The highest BCUT2D eigenvalue weighted by Crippen LogP contribution is 2.36. The van der Waals surface area contributed by atoms with Gasteiger partial charge in [0.05, 0.1) is 43.3 Å². The van der Waals surface area contributed by atoms with Crippen LogP contribution in [0.5, 0.6) is 0 Å². The number of aryl methyl sites for hydroxylation is 1. The molecule has 0 unspecified atom stereocenters. The molecular weight excluding hydrogens is 408 g/mol. The molecule has 1 aliphatic heterocycles. The molecule has 7 heteroatoms. The average molecular weight is 435 g/mol. The number of nitriles is 1. The molecule has 2 aromatic heterocycles. The highest BCUT2D eigenvalue weighted by atomic mass is 32.1. The Balaban J connectivity index is 1.60. The first-order chi connectivity index (χ1) is 15.1. The van der Waals surface area contributed by atoms with Crippen LogP contribution in [-0.2, 0) is 30.7 Å². The second-order valence-electron chi connectivity index (χ2n) is 8.65. The molecule has 0 saturated carbocycles. The molecule has 160 valence electrons. The molecule has 0 amide bonds. The summed E-state index contributed by atoms with van der Waals surface area (Å²) in [7, 11) is 0. The van der Waals surface area contributed by atoms with E-state index in [0.29, 0.717) is 37.8 Å². The minimum absolute atomic E-state index is 0.0738. The van der Waals surface area contributed by atoms with Gasteiger partial charge in [-0.15, -0.1) is 11.3 Å². The van der Waals surface area contributed by atoms with Gasteiger partial charge in [0.2, 0.25) is 0 Å². The van der Waals surface area contributed by atoms with Crippen molar-refractivity contribution in [3.8, 4) is 6.07 Å². The average Bonchev–Trinajstić information content (AvgIpc) is 3.15. The van der Waals surface area contributed by atoms with Gasteiger partial charge >= 0.3 is 0 Å². The van der Waals surface area contributed by atoms with Crippen LogP contribution < -0.4 is 5.56 Å². The van der Waals surface area contributed by atoms with Crippen LogP contribution in [0, 0.1) is 17.2 Å². The molecule has 3 heterocycles. The van der Waals surface area contributed by atoms with Gasteiger partial charge in [-0.05, 0) is 48.4 Å². The van der Waals surface area contributed by atoms with Gasteiger partial charge in [-0.25, -0.2) is 4.98 Å². The molecule has 1 aromatic carbocycles. The second kappa shape index (κ2) is 8.54. The molecule has 0 bridgehead atoms. The molecule has 1 atom stereocenters. The number of hydrogen-bond donors (Lipinski definition) is 0. The van der Waals surface area contributed by atoms with Crippen LogP contribution in [0.2, 0.25) is 0 Å². The summed E-state index contributed by atoms with van der Waals surface area (Å²) in [6, 6.07) is 9.63. The van der Waals surface area contributed by atoms with Crippen LogP contribution in [0.15, 0.2) is 29.1 Å². The van der Waals surface area contributed by atoms with Crippen LogP contribution in [0.3, 0.4) is 0 Å². The standard InChI is InChI=1S/C24H26N4O2S/c1-16-2-7-19-20(12-16)31-23-22(19)24(29)28(14-18-5-3-17(13-25)4-6-18)21(26-23)15-27-8-10-30-11-9-27/h3-6,16H,2,7-12,14-15H2,1H3/t16-/m0/s1. The predicted molar refractivity (Wildman–Crippen MR) is 121 cm³/mol. The summed E-state index contributed by atoms with van der Waals surface area (Å²) >= 11 is 1.71. The maximum atomic E-state index is 13.8. The van der Waals surface area contributed by atoms with Crippen molar-refractivity contribution in [2.75, 3.05) is 26.3 Å². The number of nitrogens with zero attached hydrogens (tertiary/aromatic N) is 4. The lowest BCUT2D eigenvalue weighted by Crippen LogP contribution is -2.38. The van der Waals surface area contributed by atoms with Gasteiger partial charge in [0, 0.05) is 18.0 Å². The van der Waals surface area contributed by atoms with E-state index >= 15 is 0 Å². The largest absolute Gasteiger partial charge is 0.379 e. The van der Waals surface area contributed by atoms with Gasteiger partial charge < -0.3 is 4.74 Å². The number of morpholine rings is 1. The predicted octanol–water partition coefficient (Wildman–Crippen LogP) is 3.33. The SMILES string of the molecule is C[C@H]1CCc2c(sc3nc(CN4CCOCC4)n(Cc4ccc(C#N)cc4)c(=O)c23)C1. The maximum absolute atomic E-state index is 13.8. The zero-order chi connectivity index (χ0) is 21.4. The summed E-state index contributed by atoms with van der Waals surface area (Å²) in [6.07, 6.45) is 3.14. The van der Waals surface area contributed by atoms with E-state index < -0.39 is 0 Å². The molecule has 1 fully saturated rings. The van der Waals surface area contributed by atoms with Gasteiger partial charge in [-0.2, -0.15) is 5.26 Å². The zero-order valence-corrected chi connectivity index (χ0v) is 18.6. The van der Waals surface area contributed by atoms with Gasteiger partial charge in [-0.3, -0.25) is 14.3 Å². The molecule has 1 aliphatic carbocycles. The quantitative estimate of drug-likeness (QED) is 0.630. The van der Waals surface area contributed by atoms with Crippen LogP contribution >= 0.6 is 11.3 Å². The lowest BCUT2D eigenvalue weighted by Gasteiger charge is -2.27. The lowest BCUT2D eigenvalue weighted by atomic mass is 9.89. The van der Waals surface area contributed by atoms with E-state index in [1.807, 2.05) is 28.8 Å². The van der Waals surface area contributed by atoms with Crippen molar-refractivity contribution in [2.24, 2.45) is 5.92 Å². The van der Waals surface area contributed by atoms with Crippen LogP contribution in [0.25, 0.3) is 10.2 Å². The van der Waals surface area contributed by atoms with Gasteiger partial charge in [0.25, 0.3) is 5.56 Å². The Kier molecular flexibility index (Phi) is 5.61. The summed E-state index contributed by atoms with van der Waals surface area (Å²) in [5.74, 6) is 1.48. The minimum Gasteiger partial charge on any atom is -0.379 e. The molecule has 0 N–H and O–H groups in total. The van der Waals surface area contributed by atoms with Gasteiger partial charge in [0.1, 0.15) is 10.7 Å². The molecule has 3 aromatic rings. The van der Waals surface area contributed by atoms with Crippen molar-refractivity contribution >= 4 is 21.6 Å². The van der Waals surface area contributed by atoms with E-state index in [4.69, 9.17) is 15.0 Å². The van der Waals surface area contributed by atoms with E-state index in [1.54, 1.807) is 11.3 Å². The number of ether oxygens (including phenoxy) is 1. The Morgan fingerprint density at radius 3 is 2.74 bits per heavy atom. The Morgan fingerprint density at radius 1 is 1.23 bits per heavy atom. The summed E-state index contributed by atoms with van der Waals surface area (Å²) in [5.41, 5.74) is 2.93. The van der Waals surface area contributed by atoms with E-state index in [-0.39, 0.29) is 5.56 Å². The van der Waals surface area contributed by atoms with E-state index in [9.17, 15) is 4.79 Å². The first kappa shape index (κ1) is 20.4. The van der Waals surface area contributed by atoms with E-state index in [2.05, 4.69) is 17.9 Å². The van der Waals surface area contributed by atoms with Crippen molar-refractivity contribution in [3.63, 3.8) is 0 Å². The van der Waals surface area contributed by atoms with Crippen molar-refractivity contribution in [1.29, 1.82) is 5.26 Å². The minimum atomic E-state index is 0.0738. The number of aromatic nitrogens is 2.